The number of thioether (sulfide) groups is 1. The molecule has 16 heavy (non-hydrogen) atoms. The third-order valence-corrected chi connectivity index (χ3v) is 3.81. The van der Waals surface area contributed by atoms with Gasteiger partial charge in [0.05, 0.1) is 12.0 Å². The summed E-state index contributed by atoms with van der Waals surface area (Å²) in [6.07, 6.45) is 0. The molecule has 0 aliphatic carbocycles. The Morgan fingerprint density at radius 2 is 2.44 bits per heavy atom. The third-order valence-electron chi connectivity index (χ3n) is 2.03. The van der Waals surface area contributed by atoms with Crippen molar-refractivity contribution in [3.05, 3.63) is 21.3 Å². The van der Waals surface area contributed by atoms with E-state index in [1.807, 2.05) is 13.0 Å². The zero-order valence-corrected chi connectivity index (χ0v) is 10.7. The number of nitrogens with zero attached hydrogens (tertiary/aromatic N) is 1. The highest BCUT2D eigenvalue weighted by molar-refractivity contribution is 7.99. The normalized spacial score (nSPS) is 11.1. The molecule has 0 fully saturated rings. The number of thiophene rings is 1. The van der Waals surface area contributed by atoms with E-state index < -0.39 is 0 Å². The van der Waals surface area contributed by atoms with Gasteiger partial charge in [-0.25, -0.2) is 4.98 Å². The highest BCUT2D eigenvalue weighted by Gasteiger charge is 2.06. The van der Waals surface area contributed by atoms with Crippen LogP contribution in [0.2, 0.25) is 0 Å². The Bertz CT molecular complexity index is 547. The van der Waals surface area contributed by atoms with Crippen LogP contribution in [0.4, 0.5) is 0 Å². The van der Waals surface area contributed by atoms with Crippen molar-refractivity contribution < 1.29 is 4.74 Å². The molecule has 2 aromatic rings. The predicted octanol–water partition coefficient (Wildman–Crippen LogP) is 2.03. The first-order chi connectivity index (χ1) is 7.70. The number of aryl methyl sites for hydroxylation is 1. The number of hydrogen-bond donors (Lipinski definition) is 1. The fraction of sp³-hybridized carbons (Fsp3) is 0.400. The van der Waals surface area contributed by atoms with E-state index in [2.05, 4.69) is 9.97 Å². The third kappa shape index (κ3) is 2.45. The molecule has 1 N–H and O–H groups in total. The van der Waals surface area contributed by atoms with Crippen LogP contribution >= 0.6 is 23.1 Å². The molecule has 0 saturated carbocycles. The molecule has 0 amide bonds. The molecule has 86 valence electrons. The number of fused-ring (bicyclic) bond motifs is 1. The van der Waals surface area contributed by atoms with Gasteiger partial charge in [-0.3, -0.25) is 4.79 Å². The van der Waals surface area contributed by atoms with Crippen molar-refractivity contribution >= 4 is 33.3 Å². The number of hydrogen-bond acceptors (Lipinski definition) is 5. The molecule has 0 spiro atoms. The lowest BCUT2D eigenvalue weighted by Gasteiger charge is -1.99. The lowest BCUT2D eigenvalue weighted by atomic mass is 10.4. The van der Waals surface area contributed by atoms with E-state index >= 15 is 0 Å². The smallest absolute Gasteiger partial charge is 0.260 e. The molecule has 0 aliphatic rings. The van der Waals surface area contributed by atoms with Crippen LogP contribution in [0, 0.1) is 6.92 Å². The molecule has 0 aliphatic heterocycles. The van der Waals surface area contributed by atoms with Crippen LogP contribution in [0.25, 0.3) is 10.2 Å². The minimum absolute atomic E-state index is 0.0609. The van der Waals surface area contributed by atoms with Gasteiger partial charge in [0.2, 0.25) is 0 Å². The van der Waals surface area contributed by atoms with Crippen molar-refractivity contribution in [2.24, 2.45) is 0 Å². The summed E-state index contributed by atoms with van der Waals surface area (Å²) in [7, 11) is 1.66. The monoisotopic (exact) mass is 256 g/mol. The van der Waals surface area contributed by atoms with Gasteiger partial charge in [0, 0.05) is 17.7 Å². The van der Waals surface area contributed by atoms with Crippen molar-refractivity contribution in [2.45, 2.75) is 12.1 Å². The number of nitrogens with one attached hydrogen (secondary N) is 1. The zero-order chi connectivity index (χ0) is 11.5. The van der Waals surface area contributed by atoms with E-state index in [1.54, 1.807) is 18.4 Å². The average Bonchev–Trinajstić information content (AvgIpc) is 2.60. The Labute approximate surface area is 101 Å². The molecule has 0 saturated heterocycles. The summed E-state index contributed by atoms with van der Waals surface area (Å²) in [5.74, 6) is 0.787. The highest BCUT2D eigenvalue weighted by atomic mass is 32.2. The molecule has 2 aromatic heterocycles. The van der Waals surface area contributed by atoms with Gasteiger partial charge in [0.1, 0.15) is 4.83 Å². The summed E-state index contributed by atoms with van der Waals surface area (Å²) in [5, 5.41) is 1.34. The van der Waals surface area contributed by atoms with Crippen molar-refractivity contribution in [1.29, 1.82) is 0 Å². The summed E-state index contributed by atoms with van der Waals surface area (Å²) in [4.78, 5) is 20.8. The summed E-state index contributed by atoms with van der Waals surface area (Å²) in [5.41, 5.74) is -0.0609. The molecule has 2 rings (SSSR count). The van der Waals surface area contributed by atoms with E-state index in [0.717, 1.165) is 15.5 Å². The van der Waals surface area contributed by atoms with E-state index in [4.69, 9.17) is 4.74 Å². The second kappa shape index (κ2) is 4.99. The first-order valence-corrected chi connectivity index (χ1v) is 6.63. The van der Waals surface area contributed by atoms with E-state index in [1.165, 1.54) is 11.8 Å². The Morgan fingerprint density at radius 1 is 1.62 bits per heavy atom. The topological polar surface area (TPSA) is 55.0 Å². The van der Waals surface area contributed by atoms with Gasteiger partial charge in [0.15, 0.2) is 5.16 Å². The number of aromatic nitrogens is 2. The Hall–Kier alpha value is -0.850. The molecule has 0 aromatic carbocycles. The lowest BCUT2D eigenvalue weighted by Crippen LogP contribution is -2.08. The van der Waals surface area contributed by atoms with Crippen LogP contribution < -0.4 is 5.56 Å². The second-order valence-electron chi connectivity index (χ2n) is 3.29. The molecule has 0 radical (unpaired) electrons. The van der Waals surface area contributed by atoms with Crippen LogP contribution in [0.1, 0.15) is 4.88 Å². The second-order valence-corrected chi connectivity index (χ2v) is 5.61. The first-order valence-electron chi connectivity index (χ1n) is 4.83. The maximum absolute atomic E-state index is 11.7. The summed E-state index contributed by atoms with van der Waals surface area (Å²) in [6, 6.07) is 1.87. The number of rotatable bonds is 4. The first kappa shape index (κ1) is 11.6. The molecule has 0 unspecified atom stereocenters. The highest BCUT2D eigenvalue weighted by Crippen LogP contribution is 2.22. The molecule has 6 heteroatoms. The van der Waals surface area contributed by atoms with Crippen LogP contribution in [-0.2, 0) is 4.74 Å². The van der Waals surface area contributed by atoms with E-state index in [0.29, 0.717) is 17.1 Å². The molecule has 2 heterocycles. The SMILES string of the molecule is COCCSc1nc2sc(C)cc2c(=O)[nH]1. The van der Waals surface area contributed by atoms with E-state index in [9.17, 15) is 4.79 Å². The molecular formula is C10H12N2O2S2. The zero-order valence-electron chi connectivity index (χ0n) is 9.07. The van der Waals surface area contributed by atoms with Crippen molar-refractivity contribution in [3.8, 4) is 0 Å². The number of methoxy groups -OCH3 is 1. The van der Waals surface area contributed by atoms with Crippen LogP contribution in [0.3, 0.4) is 0 Å². The maximum Gasteiger partial charge on any atom is 0.260 e. The Balaban J connectivity index is 2.30. The number of ether oxygens (including phenoxy) is 1. The van der Waals surface area contributed by atoms with Crippen LogP contribution in [0.15, 0.2) is 16.0 Å². The van der Waals surface area contributed by atoms with E-state index in [-0.39, 0.29) is 5.56 Å². The van der Waals surface area contributed by atoms with Gasteiger partial charge < -0.3 is 9.72 Å². The van der Waals surface area contributed by atoms with Crippen molar-refractivity contribution in [2.75, 3.05) is 19.5 Å². The van der Waals surface area contributed by atoms with Gasteiger partial charge in [-0.2, -0.15) is 0 Å². The molecular weight excluding hydrogens is 244 g/mol. The van der Waals surface area contributed by atoms with Gasteiger partial charge in [-0.1, -0.05) is 11.8 Å². The van der Waals surface area contributed by atoms with Crippen LogP contribution in [-0.4, -0.2) is 29.4 Å². The van der Waals surface area contributed by atoms with Crippen molar-refractivity contribution in [1.82, 2.24) is 9.97 Å². The van der Waals surface area contributed by atoms with Gasteiger partial charge in [-0.15, -0.1) is 11.3 Å². The van der Waals surface area contributed by atoms with Crippen LogP contribution in [0.5, 0.6) is 0 Å². The summed E-state index contributed by atoms with van der Waals surface area (Å²) in [6.45, 7) is 2.62. The minimum atomic E-state index is -0.0609. The fourth-order valence-corrected chi connectivity index (χ4v) is 3.02. The molecule has 0 bridgehead atoms. The van der Waals surface area contributed by atoms with Gasteiger partial charge >= 0.3 is 0 Å². The largest absolute Gasteiger partial charge is 0.384 e. The fourth-order valence-electron chi connectivity index (χ4n) is 1.32. The lowest BCUT2D eigenvalue weighted by molar-refractivity contribution is 0.218. The van der Waals surface area contributed by atoms with Gasteiger partial charge in [-0.05, 0) is 13.0 Å². The molecule has 0 atom stereocenters. The molecule has 4 nitrogen and oxygen atoms in total. The minimum Gasteiger partial charge on any atom is -0.384 e. The number of H-pyrrole nitrogens is 1. The number of aromatic amines is 1. The summed E-state index contributed by atoms with van der Waals surface area (Å²) >= 11 is 3.04. The Morgan fingerprint density at radius 3 is 3.19 bits per heavy atom. The maximum atomic E-state index is 11.7. The standard InChI is InChI=1S/C10H12N2O2S2/c1-6-5-7-8(13)11-10(12-9(7)16-6)15-4-3-14-2/h5H,3-4H2,1-2H3,(H,11,12,13). The quantitative estimate of drug-likeness (QED) is 0.516. The predicted molar refractivity (Wildman–Crippen MR) is 67.6 cm³/mol. The summed E-state index contributed by atoms with van der Waals surface area (Å²) < 4.78 is 4.95. The van der Waals surface area contributed by atoms with Crippen molar-refractivity contribution in [3.63, 3.8) is 0 Å². The average molecular weight is 256 g/mol. The van der Waals surface area contributed by atoms with Gasteiger partial charge in [0.25, 0.3) is 5.56 Å². The Kier molecular flexibility index (Phi) is 3.63.